The second-order valence-electron chi connectivity index (χ2n) is 3.30. The van der Waals surface area contributed by atoms with Crippen LogP contribution in [0.2, 0.25) is 0 Å². The molecule has 1 aromatic carbocycles. The molecular weight excluding hydrogens is 152 g/mol. The van der Waals surface area contributed by atoms with Crippen molar-refractivity contribution < 1.29 is 9.90 Å². The van der Waals surface area contributed by atoms with Crippen LogP contribution in [-0.2, 0) is 11.2 Å². The highest BCUT2D eigenvalue weighted by Gasteiger charge is 2.31. The zero-order valence-electron chi connectivity index (χ0n) is 6.87. The minimum atomic E-state index is -0.701. The second kappa shape index (κ2) is 2.34. The smallest absolute Gasteiger partial charge is 0.311 e. The average Bonchev–Trinajstić information content (AvgIpc) is 1.95. The minimum Gasteiger partial charge on any atom is -0.481 e. The van der Waals surface area contributed by atoms with Crippen molar-refractivity contribution in [2.24, 2.45) is 0 Å². The molecule has 12 heavy (non-hydrogen) atoms. The summed E-state index contributed by atoms with van der Waals surface area (Å²) in [7, 11) is 0. The van der Waals surface area contributed by atoms with Gasteiger partial charge in [0.1, 0.15) is 0 Å². The Labute approximate surface area is 70.8 Å². The summed E-state index contributed by atoms with van der Waals surface area (Å²) in [4.78, 5) is 10.7. The van der Waals surface area contributed by atoms with Crippen molar-refractivity contribution in [3.05, 3.63) is 34.9 Å². The van der Waals surface area contributed by atoms with E-state index in [4.69, 9.17) is 5.11 Å². The van der Waals surface area contributed by atoms with Gasteiger partial charge in [-0.2, -0.15) is 0 Å². The van der Waals surface area contributed by atoms with E-state index in [1.54, 1.807) is 0 Å². The van der Waals surface area contributed by atoms with E-state index >= 15 is 0 Å². The number of carboxylic acid groups (broad SMARTS) is 1. The highest BCUT2D eigenvalue weighted by Crippen LogP contribution is 2.35. The first-order chi connectivity index (χ1) is 5.68. The van der Waals surface area contributed by atoms with Crippen molar-refractivity contribution in [2.45, 2.75) is 19.3 Å². The first kappa shape index (κ1) is 7.35. The van der Waals surface area contributed by atoms with Crippen LogP contribution < -0.4 is 0 Å². The number of benzene rings is 1. The lowest BCUT2D eigenvalue weighted by atomic mass is 9.77. The monoisotopic (exact) mass is 162 g/mol. The van der Waals surface area contributed by atoms with Crippen LogP contribution in [-0.4, -0.2) is 11.1 Å². The third-order valence-electron chi connectivity index (χ3n) is 2.40. The number of aryl methyl sites for hydroxylation is 1. The molecule has 62 valence electrons. The van der Waals surface area contributed by atoms with Gasteiger partial charge in [0.25, 0.3) is 0 Å². The molecule has 0 aromatic heterocycles. The van der Waals surface area contributed by atoms with Gasteiger partial charge in [-0.25, -0.2) is 0 Å². The Balaban J connectivity index is 2.39. The normalized spacial score (nSPS) is 19.6. The molecule has 0 bridgehead atoms. The van der Waals surface area contributed by atoms with Crippen molar-refractivity contribution in [3.8, 4) is 0 Å². The zero-order valence-corrected chi connectivity index (χ0v) is 6.87. The summed E-state index contributed by atoms with van der Waals surface area (Å²) in [6.07, 6.45) is 0.699. The van der Waals surface area contributed by atoms with Gasteiger partial charge in [-0.05, 0) is 24.5 Å². The van der Waals surface area contributed by atoms with Gasteiger partial charge in [-0.3, -0.25) is 4.79 Å². The molecule has 1 atom stereocenters. The quantitative estimate of drug-likeness (QED) is 0.682. The Morgan fingerprint density at radius 2 is 2.33 bits per heavy atom. The molecule has 1 aliphatic carbocycles. The SMILES string of the molecule is Cc1ccc2c(c1)[C@@H](C(=O)O)C2. The molecule has 0 fully saturated rings. The maximum Gasteiger partial charge on any atom is 0.311 e. The second-order valence-corrected chi connectivity index (χ2v) is 3.30. The van der Waals surface area contributed by atoms with Gasteiger partial charge >= 0.3 is 5.97 Å². The number of hydrogen-bond acceptors (Lipinski definition) is 1. The van der Waals surface area contributed by atoms with Crippen molar-refractivity contribution in [1.29, 1.82) is 0 Å². The molecule has 1 N–H and O–H groups in total. The van der Waals surface area contributed by atoms with E-state index in [1.807, 2.05) is 25.1 Å². The summed E-state index contributed by atoms with van der Waals surface area (Å²) < 4.78 is 0. The summed E-state index contributed by atoms with van der Waals surface area (Å²) in [5.74, 6) is -0.951. The van der Waals surface area contributed by atoms with Crippen LogP contribution >= 0.6 is 0 Å². The van der Waals surface area contributed by atoms with E-state index < -0.39 is 5.97 Å². The molecule has 0 heterocycles. The third-order valence-corrected chi connectivity index (χ3v) is 2.40. The standard InChI is InChI=1S/C10H10O2/c1-6-2-3-7-5-9(10(11)12)8(7)4-6/h2-4,9H,5H2,1H3,(H,11,12)/t9-/m0/s1. The van der Waals surface area contributed by atoms with E-state index in [2.05, 4.69) is 0 Å². The van der Waals surface area contributed by atoms with Crippen molar-refractivity contribution >= 4 is 5.97 Å². The molecule has 2 rings (SSSR count). The fraction of sp³-hybridized carbons (Fsp3) is 0.300. The van der Waals surface area contributed by atoms with Crippen molar-refractivity contribution in [2.75, 3.05) is 0 Å². The van der Waals surface area contributed by atoms with Gasteiger partial charge in [-0.15, -0.1) is 0 Å². The van der Waals surface area contributed by atoms with E-state index in [9.17, 15) is 4.79 Å². The summed E-state index contributed by atoms with van der Waals surface area (Å²) >= 11 is 0. The Morgan fingerprint density at radius 3 is 3.00 bits per heavy atom. The lowest BCUT2D eigenvalue weighted by molar-refractivity contribution is -0.139. The zero-order chi connectivity index (χ0) is 8.72. The summed E-state index contributed by atoms with van der Waals surface area (Å²) in [5.41, 5.74) is 3.33. The first-order valence-corrected chi connectivity index (χ1v) is 4.00. The number of carboxylic acids is 1. The molecule has 0 amide bonds. The Kier molecular flexibility index (Phi) is 1.43. The number of fused-ring (bicyclic) bond motifs is 1. The van der Waals surface area contributed by atoms with Gasteiger partial charge in [0.05, 0.1) is 5.92 Å². The van der Waals surface area contributed by atoms with E-state index in [0.29, 0.717) is 6.42 Å². The molecule has 2 heteroatoms. The van der Waals surface area contributed by atoms with Crippen LogP contribution in [0.25, 0.3) is 0 Å². The number of carbonyl (C=O) groups is 1. The van der Waals surface area contributed by atoms with E-state index in [-0.39, 0.29) is 5.92 Å². The highest BCUT2D eigenvalue weighted by atomic mass is 16.4. The van der Waals surface area contributed by atoms with E-state index in [0.717, 1.165) is 11.1 Å². The first-order valence-electron chi connectivity index (χ1n) is 4.00. The van der Waals surface area contributed by atoms with Crippen LogP contribution in [0.15, 0.2) is 18.2 Å². The number of hydrogen-bond donors (Lipinski definition) is 1. The van der Waals surface area contributed by atoms with Gasteiger partial charge in [0.15, 0.2) is 0 Å². The molecule has 0 aliphatic heterocycles. The van der Waals surface area contributed by atoms with E-state index in [1.165, 1.54) is 5.56 Å². The predicted molar refractivity (Wildman–Crippen MR) is 45.3 cm³/mol. The van der Waals surface area contributed by atoms with Crippen LogP contribution in [0, 0.1) is 6.92 Å². The molecule has 0 spiro atoms. The van der Waals surface area contributed by atoms with Crippen LogP contribution in [0.4, 0.5) is 0 Å². The van der Waals surface area contributed by atoms with Crippen LogP contribution in [0.1, 0.15) is 22.6 Å². The van der Waals surface area contributed by atoms with Gasteiger partial charge in [0.2, 0.25) is 0 Å². The molecule has 0 saturated carbocycles. The fourth-order valence-electron chi connectivity index (χ4n) is 1.64. The molecule has 0 saturated heterocycles. The lowest BCUT2D eigenvalue weighted by Gasteiger charge is -2.26. The maximum atomic E-state index is 10.7. The summed E-state index contributed by atoms with van der Waals surface area (Å²) in [6.45, 7) is 1.98. The van der Waals surface area contributed by atoms with Crippen LogP contribution in [0.5, 0.6) is 0 Å². The number of rotatable bonds is 1. The maximum absolute atomic E-state index is 10.7. The molecule has 0 radical (unpaired) electrons. The third kappa shape index (κ3) is 0.916. The van der Waals surface area contributed by atoms with Crippen molar-refractivity contribution in [3.63, 3.8) is 0 Å². The van der Waals surface area contributed by atoms with Crippen molar-refractivity contribution in [1.82, 2.24) is 0 Å². The van der Waals surface area contributed by atoms with Gasteiger partial charge in [0, 0.05) is 0 Å². The lowest BCUT2D eigenvalue weighted by Crippen LogP contribution is -2.24. The average molecular weight is 162 g/mol. The molecular formula is C10H10O2. The Morgan fingerprint density at radius 1 is 1.58 bits per heavy atom. The number of aliphatic carboxylic acids is 1. The summed E-state index contributed by atoms with van der Waals surface area (Å²) in [6, 6.07) is 6.01. The van der Waals surface area contributed by atoms with Crippen LogP contribution in [0.3, 0.4) is 0 Å². The molecule has 1 aliphatic rings. The van der Waals surface area contributed by atoms with Gasteiger partial charge in [-0.1, -0.05) is 23.8 Å². The van der Waals surface area contributed by atoms with Gasteiger partial charge < -0.3 is 5.11 Å². The highest BCUT2D eigenvalue weighted by molar-refractivity contribution is 5.80. The molecule has 1 aromatic rings. The Bertz CT molecular complexity index is 342. The largest absolute Gasteiger partial charge is 0.481 e. The summed E-state index contributed by atoms with van der Waals surface area (Å²) in [5, 5.41) is 8.77. The topological polar surface area (TPSA) is 37.3 Å². The Hall–Kier alpha value is -1.31. The molecule has 2 nitrogen and oxygen atoms in total. The molecule has 0 unspecified atom stereocenters. The minimum absolute atomic E-state index is 0.250. The fourth-order valence-corrected chi connectivity index (χ4v) is 1.64. The predicted octanol–water partition coefficient (Wildman–Crippen LogP) is 1.72.